The van der Waals surface area contributed by atoms with Gasteiger partial charge in [-0.1, -0.05) is 0 Å². The molecule has 0 heterocycles. The Labute approximate surface area is 89.7 Å². The molecule has 0 aromatic rings. The molecule has 0 radical (unpaired) electrons. The van der Waals surface area contributed by atoms with E-state index in [-0.39, 0.29) is 5.91 Å². The summed E-state index contributed by atoms with van der Waals surface area (Å²) in [5, 5.41) is 0. The molecule has 1 N–H and O–H groups in total. The van der Waals surface area contributed by atoms with Gasteiger partial charge in [-0.3, -0.25) is 14.3 Å². The average molecular weight is 236 g/mol. The molecule has 0 unspecified atom stereocenters. The number of nitrogens with zero attached hydrogens (tertiary/aromatic N) is 1. The lowest BCUT2D eigenvalue weighted by Crippen LogP contribution is -2.55. The van der Waals surface area contributed by atoms with Gasteiger partial charge in [0.25, 0.3) is 5.91 Å². The van der Waals surface area contributed by atoms with Gasteiger partial charge in [0.1, 0.15) is 5.54 Å². The zero-order chi connectivity index (χ0) is 12.4. The number of amides is 2. The molecule has 0 spiro atoms. The fraction of sp³-hybridized carbons (Fsp3) is 0.750. The van der Waals surface area contributed by atoms with Gasteiger partial charge >= 0.3 is 0 Å². The molecule has 0 atom stereocenters. The number of rotatable bonds is 3. The summed E-state index contributed by atoms with van der Waals surface area (Å²) >= 11 is 0. The van der Waals surface area contributed by atoms with Crippen LogP contribution in [0.25, 0.3) is 0 Å². The molecule has 6 nitrogen and oxygen atoms in total. The largest absolute Gasteiger partial charge is 0.332 e. The maximum atomic E-state index is 11.5. The van der Waals surface area contributed by atoms with E-state index in [0.717, 1.165) is 6.26 Å². The molecule has 0 aromatic heterocycles. The highest BCUT2D eigenvalue weighted by Gasteiger charge is 2.35. The van der Waals surface area contributed by atoms with Crippen LogP contribution in [-0.2, 0) is 19.6 Å². The Morgan fingerprint density at radius 3 is 1.93 bits per heavy atom. The first-order chi connectivity index (χ1) is 6.48. The summed E-state index contributed by atoms with van der Waals surface area (Å²) in [6.07, 6.45) is 0.884. The van der Waals surface area contributed by atoms with Crippen LogP contribution in [0.15, 0.2) is 0 Å². The average Bonchev–Trinajstić information content (AvgIpc) is 1.99. The molecule has 0 rings (SSSR count). The van der Waals surface area contributed by atoms with Crippen molar-refractivity contribution in [3.63, 3.8) is 0 Å². The van der Waals surface area contributed by atoms with Crippen molar-refractivity contribution in [2.75, 3.05) is 13.3 Å². The Morgan fingerprint density at radius 2 is 1.67 bits per heavy atom. The molecule has 7 heteroatoms. The normalized spacial score (nSPS) is 12.1. The monoisotopic (exact) mass is 236 g/mol. The first kappa shape index (κ1) is 13.9. The lowest BCUT2D eigenvalue weighted by Gasteiger charge is -2.32. The second-order valence-corrected chi connectivity index (χ2v) is 5.59. The topological polar surface area (TPSA) is 83.6 Å². The van der Waals surface area contributed by atoms with Crippen molar-refractivity contribution in [3.05, 3.63) is 0 Å². The third-order valence-corrected chi connectivity index (χ3v) is 2.70. The summed E-state index contributed by atoms with van der Waals surface area (Å²) in [6.45, 7) is 4.24. The highest BCUT2D eigenvalue weighted by Crippen LogP contribution is 2.12. The van der Waals surface area contributed by atoms with Crippen LogP contribution in [0.4, 0.5) is 0 Å². The van der Waals surface area contributed by atoms with Gasteiger partial charge in [-0.05, 0) is 13.8 Å². The lowest BCUT2D eigenvalue weighted by molar-refractivity contribution is -0.141. The third-order valence-electron chi connectivity index (χ3n) is 2.14. The SMILES string of the molecule is CC(=O)N(C)C(C)(C)C(=O)NS(C)(=O)=O. The molecule has 2 amide bonds. The van der Waals surface area contributed by atoms with Gasteiger partial charge in [-0.15, -0.1) is 0 Å². The van der Waals surface area contributed by atoms with E-state index >= 15 is 0 Å². The molecule has 88 valence electrons. The van der Waals surface area contributed by atoms with Crippen LogP contribution >= 0.6 is 0 Å². The van der Waals surface area contributed by atoms with Crippen LogP contribution in [0.2, 0.25) is 0 Å². The molecule has 0 fully saturated rings. The number of nitrogens with one attached hydrogen (secondary N) is 1. The van der Waals surface area contributed by atoms with Gasteiger partial charge in [0.15, 0.2) is 0 Å². The molecule has 0 aliphatic heterocycles. The number of carbonyl (C=O) groups is 2. The summed E-state index contributed by atoms with van der Waals surface area (Å²) in [4.78, 5) is 23.8. The van der Waals surface area contributed by atoms with E-state index in [1.54, 1.807) is 0 Å². The van der Waals surface area contributed by atoms with Crippen molar-refractivity contribution in [2.24, 2.45) is 0 Å². The number of carbonyl (C=O) groups excluding carboxylic acids is 2. The Morgan fingerprint density at radius 1 is 1.27 bits per heavy atom. The molecule has 0 aliphatic carbocycles. The van der Waals surface area contributed by atoms with Crippen LogP contribution in [0.3, 0.4) is 0 Å². The van der Waals surface area contributed by atoms with Crippen molar-refractivity contribution in [1.29, 1.82) is 0 Å². The Kier molecular flexibility index (Phi) is 3.87. The summed E-state index contributed by atoms with van der Waals surface area (Å²) < 4.78 is 23.5. The minimum absolute atomic E-state index is 0.316. The predicted octanol–water partition coefficient (Wildman–Crippen LogP) is -0.681. The molecule has 0 aliphatic rings. The highest BCUT2D eigenvalue weighted by atomic mass is 32.2. The first-order valence-electron chi connectivity index (χ1n) is 4.25. The van der Waals surface area contributed by atoms with E-state index in [4.69, 9.17) is 0 Å². The van der Waals surface area contributed by atoms with Crippen molar-refractivity contribution < 1.29 is 18.0 Å². The van der Waals surface area contributed by atoms with Crippen LogP contribution < -0.4 is 4.72 Å². The maximum absolute atomic E-state index is 11.5. The Bertz CT molecular complexity index is 372. The summed E-state index contributed by atoms with van der Waals surface area (Å²) in [5.41, 5.74) is -1.20. The third kappa shape index (κ3) is 3.86. The van der Waals surface area contributed by atoms with Gasteiger partial charge < -0.3 is 4.90 Å². The molecule has 0 bridgehead atoms. The van der Waals surface area contributed by atoms with Gasteiger partial charge in [-0.2, -0.15) is 0 Å². The second kappa shape index (κ2) is 4.18. The predicted molar refractivity (Wildman–Crippen MR) is 55.5 cm³/mol. The first-order valence-corrected chi connectivity index (χ1v) is 6.14. The van der Waals surface area contributed by atoms with Crippen molar-refractivity contribution >= 4 is 21.8 Å². The Balaban J connectivity index is 4.89. The van der Waals surface area contributed by atoms with Gasteiger partial charge in [0.2, 0.25) is 15.9 Å². The molecule has 0 saturated heterocycles. The second-order valence-electron chi connectivity index (χ2n) is 3.84. The standard InChI is InChI=1S/C8H16N2O4S/c1-6(11)10(4)8(2,3)7(12)9-15(5,13)14/h1-5H3,(H,9,12). The van der Waals surface area contributed by atoms with Crippen LogP contribution in [0, 0.1) is 0 Å². The van der Waals surface area contributed by atoms with Crippen molar-refractivity contribution in [1.82, 2.24) is 9.62 Å². The van der Waals surface area contributed by atoms with E-state index < -0.39 is 21.5 Å². The summed E-state index contributed by atoms with van der Waals surface area (Å²) in [5.74, 6) is -1.05. The molecule has 0 aromatic carbocycles. The summed E-state index contributed by atoms with van der Waals surface area (Å²) in [6, 6.07) is 0. The zero-order valence-electron chi connectivity index (χ0n) is 9.49. The minimum atomic E-state index is -3.60. The quantitative estimate of drug-likeness (QED) is 0.703. The Hall–Kier alpha value is -1.11. The van der Waals surface area contributed by atoms with E-state index in [2.05, 4.69) is 0 Å². The van der Waals surface area contributed by atoms with Crippen LogP contribution in [0.5, 0.6) is 0 Å². The smallest absolute Gasteiger partial charge is 0.258 e. The lowest BCUT2D eigenvalue weighted by atomic mass is 10.0. The van der Waals surface area contributed by atoms with E-state index in [0.29, 0.717) is 0 Å². The van der Waals surface area contributed by atoms with Crippen molar-refractivity contribution in [2.45, 2.75) is 26.3 Å². The van der Waals surface area contributed by atoms with E-state index in [9.17, 15) is 18.0 Å². The summed E-state index contributed by atoms with van der Waals surface area (Å²) in [7, 11) is -2.17. The number of sulfonamides is 1. The molecular weight excluding hydrogens is 220 g/mol. The molecule has 0 saturated carbocycles. The number of hydrogen-bond acceptors (Lipinski definition) is 4. The van der Waals surface area contributed by atoms with Crippen molar-refractivity contribution in [3.8, 4) is 0 Å². The number of hydrogen-bond donors (Lipinski definition) is 1. The zero-order valence-corrected chi connectivity index (χ0v) is 10.3. The molecule has 15 heavy (non-hydrogen) atoms. The highest BCUT2D eigenvalue weighted by molar-refractivity contribution is 7.89. The fourth-order valence-corrected chi connectivity index (χ4v) is 1.43. The van der Waals surface area contributed by atoms with Crippen LogP contribution in [-0.4, -0.2) is 44.0 Å². The van der Waals surface area contributed by atoms with Gasteiger partial charge in [0, 0.05) is 14.0 Å². The maximum Gasteiger partial charge on any atom is 0.258 e. The van der Waals surface area contributed by atoms with Gasteiger partial charge in [0.05, 0.1) is 6.26 Å². The van der Waals surface area contributed by atoms with Crippen LogP contribution in [0.1, 0.15) is 20.8 Å². The molecular formula is C8H16N2O4S. The van der Waals surface area contributed by atoms with E-state index in [1.807, 2.05) is 4.72 Å². The fourth-order valence-electron chi connectivity index (χ4n) is 0.839. The minimum Gasteiger partial charge on any atom is -0.332 e. The van der Waals surface area contributed by atoms with Gasteiger partial charge in [-0.25, -0.2) is 8.42 Å². The van der Waals surface area contributed by atoms with E-state index in [1.165, 1.54) is 32.7 Å². The number of likely N-dealkylation sites (N-methyl/N-ethyl adjacent to an activating group) is 1.